The Labute approximate surface area is 174 Å². The van der Waals surface area contributed by atoms with Crippen LogP contribution < -0.4 is 4.74 Å². The van der Waals surface area contributed by atoms with Crippen molar-refractivity contribution in [3.05, 3.63) is 40.1 Å². The summed E-state index contributed by atoms with van der Waals surface area (Å²) < 4.78 is 14.1. The van der Waals surface area contributed by atoms with E-state index >= 15 is 0 Å². The van der Waals surface area contributed by atoms with E-state index in [9.17, 15) is 4.79 Å². The van der Waals surface area contributed by atoms with Gasteiger partial charge >= 0.3 is 5.97 Å². The number of rotatable bonds is 2. The molecule has 156 valence electrons. The molecule has 0 saturated heterocycles. The number of carbonyl (C=O) groups is 1. The molecule has 0 N–H and O–H groups in total. The van der Waals surface area contributed by atoms with Crippen molar-refractivity contribution in [2.24, 2.45) is 0 Å². The summed E-state index contributed by atoms with van der Waals surface area (Å²) in [6.45, 7) is 17.1. The maximum atomic E-state index is 12.8. The SMILES string of the molecule is CCOC(=O)c1c2c(n3c1CCC3)-c1cc(C(C)(C)C)cc(C(C)(C)C)c1OC2. The van der Waals surface area contributed by atoms with Gasteiger partial charge in [0.1, 0.15) is 12.4 Å². The highest BCUT2D eigenvalue weighted by atomic mass is 16.5. The molecule has 0 unspecified atom stereocenters. The molecule has 0 amide bonds. The monoisotopic (exact) mass is 395 g/mol. The fourth-order valence-electron chi connectivity index (χ4n) is 4.62. The summed E-state index contributed by atoms with van der Waals surface area (Å²) >= 11 is 0. The van der Waals surface area contributed by atoms with Gasteiger partial charge in [0, 0.05) is 28.9 Å². The van der Waals surface area contributed by atoms with E-state index in [0.717, 1.165) is 47.5 Å². The number of ether oxygens (including phenoxy) is 2. The Hall–Kier alpha value is -2.23. The van der Waals surface area contributed by atoms with Gasteiger partial charge in [-0.1, -0.05) is 47.6 Å². The zero-order valence-electron chi connectivity index (χ0n) is 18.9. The van der Waals surface area contributed by atoms with Gasteiger partial charge in [0.2, 0.25) is 0 Å². The van der Waals surface area contributed by atoms with Crippen LogP contribution in [0.15, 0.2) is 12.1 Å². The van der Waals surface area contributed by atoms with Gasteiger partial charge in [0.15, 0.2) is 0 Å². The highest BCUT2D eigenvalue weighted by molar-refractivity contribution is 5.96. The second-order valence-corrected chi connectivity index (χ2v) is 10.3. The van der Waals surface area contributed by atoms with Gasteiger partial charge in [-0.15, -0.1) is 0 Å². The predicted octanol–water partition coefficient (Wildman–Crippen LogP) is 5.77. The molecule has 0 saturated carbocycles. The molecule has 0 atom stereocenters. The molecule has 2 aliphatic heterocycles. The molecule has 3 heterocycles. The number of nitrogens with zero attached hydrogens (tertiary/aromatic N) is 1. The van der Waals surface area contributed by atoms with Gasteiger partial charge < -0.3 is 14.0 Å². The van der Waals surface area contributed by atoms with Gasteiger partial charge in [-0.3, -0.25) is 0 Å². The van der Waals surface area contributed by atoms with Crippen LogP contribution in [0.5, 0.6) is 5.75 Å². The molecule has 2 aromatic rings. The van der Waals surface area contributed by atoms with Crippen molar-refractivity contribution in [2.45, 2.75) is 85.3 Å². The lowest BCUT2D eigenvalue weighted by atomic mass is 9.78. The second-order valence-electron chi connectivity index (χ2n) is 10.3. The zero-order valence-corrected chi connectivity index (χ0v) is 18.9. The Balaban J connectivity index is 2.03. The first-order valence-electron chi connectivity index (χ1n) is 10.8. The third-order valence-corrected chi connectivity index (χ3v) is 6.13. The molecule has 4 rings (SSSR count). The van der Waals surface area contributed by atoms with Crippen molar-refractivity contribution in [2.75, 3.05) is 6.61 Å². The van der Waals surface area contributed by atoms with Crippen LogP contribution in [-0.4, -0.2) is 17.1 Å². The van der Waals surface area contributed by atoms with Crippen molar-refractivity contribution in [1.82, 2.24) is 4.57 Å². The minimum absolute atomic E-state index is 0.0248. The molecule has 2 aliphatic rings. The Bertz CT molecular complexity index is 983. The minimum atomic E-state index is -0.213. The van der Waals surface area contributed by atoms with E-state index in [1.807, 2.05) is 6.92 Å². The van der Waals surface area contributed by atoms with Crippen LogP contribution in [-0.2, 0) is 35.1 Å². The maximum Gasteiger partial charge on any atom is 0.340 e. The number of carbonyl (C=O) groups excluding carboxylic acids is 1. The smallest absolute Gasteiger partial charge is 0.340 e. The van der Waals surface area contributed by atoms with E-state index in [2.05, 4.69) is 58.2 Å². The molecule has 29 heavy (non-hydrogen) atoms. The molecule has 0 radical (unpaired) electrons. The molecular formula is C25H33NO3. The van der Waals surface area contributed by atoms with Crippen molar-refractivity contribution in [1.29, 1.82) is 0 Å². The molecule has 4 nitrogen and oxygen atoms in total. The molecule has 0 bridgehead atoms. The Morgan fingerprint density at radius 3 is 2.48 bits per heavy atom. The van der Waals surface area contributed by atoms with Crippen LogP contribution in [0.4, 0.5) is 0 Å². The third kappa shape index (κ3) is 3.17. The Morgan fingerprint density at radius 1 is 1.14 bits per heavy atom. The van der Waals surface area contributed by atoms with Crippen molar-refractivity contribution in [3.8, 4) is 17.0 Å². The Morgan fingerprint density at radius 2 is 1.86 bits per heavy atom. The minimum Gasteiger partial charge on any atom is -0.488 e. The Kier molecular flexibility index (Phi) is 4.60. The van der Waals surface area contributed by atoms with Crippen LogP contribution >= 0.6 is 0 Å². The largest absolute Gasteiger partial charge is 0.488 e. The molecule has 0 aliphatic carbocycles. The predicted molar refractivity (Wildman–Crippen MR) is 116 cm³/mol. The zero-order chi connectivity index (χ0) is 21.1. The molecule has 0 spiro atoms. The normalized spacial score (nSPS) is 15.4. The van der Waals surface area contributed by atoms with Crippen LogP contribution in [0.25, 0.3) is 11.3 Å². The lowest BCUT2D eigenvalue weighted by Crippen LogP contribution is -2.21. The van der Waals surface area contributed by atoms with Crippen molar-refractivity contribution >= 4 is 5.97 Å². The summed E-state index contributed by atoms with van der Waals surface area (Å²) in [5, 5.41) is 0. The quantitative estimate of drug-likeness (QED) is 0.607. The molecule has 4 heteroatoms. The van der Waals surface area contributed by atoms with Gasteiger partial charge in [0.05, 0.1) is 17.9 Å². The van der Waals surface area contributed by atoms with Gasteiger partial charge in [-0.2, -0.15) is 0 Å². The van der Waals surface area contributed by atoms with E-state index in [0.29, 0.717) is 13.2 Å². The van der Waals surface area contributed by atoms with Crippen molar-refractivity contribution in [3.63, 3.8) is 0 Å². The summed E-state index contributed by atoms with van der Waals surface area (Å²) in [4.78, 5) is 12.8. The molecule has 1 aromatic heterocycles. The highest BCUT2D eigenvalue weighted by Crippen LogP contribution is 2.49. The highest BCUT2D eigenvalue weighted by Gasteiger charge is 2.37. The summed E-state index contributed by atoms with van der Waals surface area (Å²) in [6, 6.07) is 4.59. The number of hydrogen-bond donors (Lipinski definition) is 0. The summed E-state index contributed by atoms with van der Waals surface area (Å²) in [7, 11) is 0. The lowest BCUT2D eigenvalue weighted by molar-refractivity contribution is 0.0522. The van der Waals surface area contributed by atoms with Crippen LogP contribution in [0.1, 0.15) is 87.6 Å². The molecular weight excluding hydrogens is 362 g/mol. The first-order chi connectivity index (χ1) is 13.5. The fourth-order valence-corrected chi connectivity index (χ4v) is 4.62. The summed E-state index contributed by atoms with van der Waals surface area (Å²) in [6.07, 6.45) is 1.98. The van der Waals surface area contributed by atoms with Crippen LogP contribution in [0.2, 0.25) is 0 Å². The van der Waals surface area contributed by atoms with Crippen LogP contribution in [0, 0.1) is 0 Å². The number of fused-ring (bicyclic) bond motifs is 5. The van der Waals surface area contributed by atoms with E-state index in [-0.39, 0.29) is 16.8 Å². The third-order valence-electron chi connectivity index (χ3n) is 6.13. The van der Waals surface area contributed by atoms with E-state index < -0.39 is 0 Å². The molecule has 1 aromatic carbocycles. The fraction of sp³-hybridized carbons (Fsp3) is 0.560. The number of esters is 1. The van der Waals surface area contributed by atoms with Gasteiger partial charge in [-0.05, 0) is 42.2 Å². The van der Waals surface area contributed by atoms with Gasteiger partial charge in [-0.25, -0.2) is 4.79 Å². The average molecular weight is 396 g/mol. The number of aromatic nitrogens is 1. The van der Waals surface area contributed by atoms with Crippen molar-refractivity contribution < 1.29 is 14.3 Å². The maximum absolute atomic E-state index is 12.8. The second kappa shape index (κ2) is 6.65. The standard InChI is InChI=1S/C25H33NO3/c1-8-28-23(27)20-17-14-29-22-16(21(17)26-11-9-10-19(20)26)12-15(24(2,3)4)13-18(22)25(5,6)7/h12-13H,8-11,14H2,1-7H3. The molecule has 0 fully saturated rings. The van der Waals surface area contributed by atoms with E-state index in [1.54, 1.807) is 0 Å². The van der Waals surface area contributed by atoms with E-state index in [4.69, 9.17) is 9.47 Å². The summed E-state index contributed by atoms with van der Waals surface area (Å²) in [5.41, 5.74) is 7.66. The lowest BCUT2D eigenvalue weighted by Gasteiger charge is -2.32. The number of hydrogen-bond acceptors (Lipinski definition) is 3. The number of benzene rings is 1. The average Bonchev–Trinajstić information content (AvgIpc) is 3.18. The van der Waals surface area contributed by atoms with Crippen LogP contribution in [0.3, 0.4) is 0 Å². The van der Waals surface area contributed by atoms with Gasteiger partial charge in [0.25, 0.3) is 0 Å². The van der Waals surface area contributed by atoms with E-state index in [1.165, 1.54) is 16.8 Å². The first-order valence-corrected chi connectivity index (χ1v) is 10.8. The topological polar surface area (TPSA) is 40.5 Å². The summed E-state index contributed by atoms with van der Waals surface area (Å²) in [5.74, 6) is 0.759. The first kappa shape index (κ1) is 20.1.